The highest BCUT2D eigenvalue weighted by atomic mass is 32.1. The number of fused-ring (bicyclic) bond motifs is 1. The van der Waals surface area contributed by atoms with E-state index in [9.17, 15) is 0 Å². The number of nitrogens with one attached hydrogen (secondary N) is 1. The van der Waals surface area contributed by atoms with Gasteiger partial charge < -0.3 is 5.32 Å². The second kappa shape index (κ2) is 4.92. The molecule has 0 amide bonds. The Labute approximate surface area is 107 Å². The molecule has 1 aromatic rings. The van der Waals surface area contributed by atoms with Crippen LogP contribution in [0.15, 0.2) is 5.38 Å². The molecule has 1 N–H and O–H groups in total. The van der Waals surface area contributed by atoms with Crippen LogP contribution in [0, 0.1) is 0 Å². The largest absolute Gasteiger partial charge is 0.365 e. The summed E-state index contributed by atoms with van der Waals surface area (Å²) in [7, 11) is 1.93. The molecule has 3 rings (SSSR count). The van der Waals surface area contributed by atoms with Gasteiger partial charge >= 0.3 is 0 Å². The normalized spacial score (nSPS) is 26.1. The second-order valence-electron chi connectivity index (χ2n) is 4.96. The van der Waals surface area contributed by atoms with E-state index < -0.39 is 0 Å². The van der Waals surface area contributed by atoms with Crippen LogP contribution in [0.3, 0.4) is 0 Å². The molecular formula is C12H20N4S. The van der Waals surface area contributed by atoms with Crippen molar-refractivity contribution in [2.75, 3.05) is 38.5 Å². The zero-order chi connectivity index (χ0) is 11.7. The van der Waals surface area contributed by atoms with Crippen molar-refractivity contribution in [2.45, 2.75) is 25.4 Å². The molecule has 0 radical (unpaired) electrons. The summed E-state index contributed by atoms with van der Waals surface area (Å²) in [5.41, 5.74) is 1.21. The van der Waals surface area contributed by atoms with Crippen molar-refractivity contribution >= 4 is 16.5 Å². The molecule has 0 bridgehead atoms. The molecule has 0 spiro atoms. The molecular weight excluding hydrogens is 232 g/mol. The Bertz CT molecular complexity index is 378. The van der Waals surface area contributed by atoms with Gasteiger partial charge in [-0.1, -0.05) is 0 Å². The molecule has 0 aliphatic carbocycles. The quantitative estimate of drug-likeness (QED) is 0.882. The number of hydrogen-bond acceptors (Lipinski definition) is 5. The van der Waals surface area contributed by atoms with Crippen LogP contribution in [0.1, 0.15) is 18.5 Å². The Kier molecular flexibility index (Phi) is 3.31. The van der Waals surface area contributed by atoms with Crippen LogP contribution in [0.2, 0.25) is 0 Å². The Morgan fingerprint density at radius 1 is 1.47 bits per heavy atom. The average molecular weight is 252 g/mol. The minimum Gasteiger partial charge on any atom is -0.365 e. The lowest BCUT2D eigenvalue weighted by Gasteiger charge is -2.37. The maximum Gasteiger partial charge on any atom is 0.182 e. The molecule has 2 fully saturated rings. The van der Waals surface area contributed by atoms with Crippen molar-refractivity contribution in [3.05, 3.63) is 11.1 Å². The smallest absolute Gasteiger partial charge is 0.182 e. The number of thiazole rings is 1. The Morgan fingerprint density at radius 3 is 3.24 bits per heavy atom. The Hall–Kier alpha value is -0.650. The minimum absolute atomic E-state index is 0.811. The zero-order valence-corrected chi connectivity index (χ0v) is 11.2. The van der Waals surface area contributed by atoms with Crippen molar-refractivity contribution < 1.29 is 0 Å². The van der Waals surface area contributed by atoms with E-state index >= 15 is 0 Å². The highest BCUT2D eigenvalue weighted by molar-refractivity contribution is 7.13. The monoisotopic (exact) mass is 252 g/mol. The maximum atomic E-state index is 4.56. The van der Waals surface area contributed by atoms with E-state index in [1.807, 2.05) is 7.05 Å². The second-order valence-corrected chi connectivity index (χ2v) is 5.82. The molecule has 2 aliphatic rings. The highest BCUT2D eigenvalue weighted by Gasteiger charge is 2.30. The van der Waals surface area contributed by atoms with Gasteiger partial charge in [-0.25, -0.2) is 4.98 Å². The minimum atomic E-state index is 0.811. The van der Waals surface area contributed by atoms with Crippen molar-refractivity contribution in [2.24, 2.45) is 0 Å². The van der Waals surface area contributed by atoms with Crippen molar-refractivity contribution in [3.63, 3.8) is 0 Å². The van der Waals surface area contributed by atoms with E-state index in [0.29, 0.717) is 0 Å². The summed E-state index contributed by atoms with van der Waals surface area (Å²) in [6.45, 7) is 6.00. The van der Waals surface area contributed by atoms with Crippen LogP contribution in [0.4, 0.5) is 5.13 Å². The molecule has 2 saturated heterocycles. The molecule has 17 heavy (non-hydrogen) atoms. The van der Waals surface area contributed by atoms with Gasteiger partial charge in [-0.3, -0.25) is 9.80 Å². The number of nitrogens with zero attached hydrogens (tertiary/aromatic N) is 3. The van der Waals surface area contributed by atoms with Gasteiger partial charge in [0.2, 0.25) is 0 Å². The number of anilines is 1. The fraction of sp³-hybridized carbons (Fsp3) is 0.750. The maximum absolute atomic E-state index is 4.56. The van der Waals surface area contributed by atoms with E-state index in [4.69, 9.17) is 0 Å². The first kappa shape index (κ1) is 11.4. The van der Waals surface area contributed by atoms with Crippen LogP contribution < -0.4 is 5.32 Å². The van der Waals surface area contributed by atoms with E-state index in [0.717, 1.165) is 17.7 Å². The lowest BCUT2D eigenvalue weighted by molar-refractivity contribution is 0.0986. The molecule has 3 heterocycles. The fourth-order valence-electron chi connectivity index (χ4n) is 2.92. The molecule has 1 atom stereocenters. The fourth-order valence-corrected chi connectivity index (χ4v) is 3.59. The van der Waals surface area contributed by atoms with Gasteiger partial charge in [0, 0.05) is 44.6 Å². The standard InChI is InChI=1S/C12H20N4S/c1-13-12-14-10(9-17-12)7-15-5-6-16-4-2-3-11(16)8-15/h9,11H,2-8H2,1H3,(H,13,14)/t11-/m1/s1. The molecule has 0 saturated carbocycles. The van der Waals surface area contributed by atoms with Gasteiger partial charge in [-0.2, -0.15) is 0 Å². The van der Waals surface area contributed by atoms with Crippen LogP contribution in [-0.4, -0.2) is 54.1 Å². The van der Waals surface area contributed by atoms with Crippen LogP contribution in [0.5, 0.6) is 0 Å². The predicted molar refractivity (Wildman–Crippen MR) is 71.5 cm³/mol. The third-order valence-corrected chi connectivity index (χ3v) is 4.73. The highest BCUT2D eigenvalue weighted by Crippen LogP contribution is 2.23. The van der Waals surface area contributed by atoms with Gasteiger partial charge in [0.1, 0.15) is 0 Å². The summed E-state index contributed by atoms with van der Waals surface area (Å²) < 4.78 is 0. The molecule has 1 aromatic heterocycles. The summed E-state index contributed by atoms with van der Waals surface area (Å²) in [4.78, 5) is 9.77. The van der Waals surface area contributed by atoms with Crippen molar-refractivity contribution in [3.8, 4) is 0 Å². The lowest BCUT2D eigenvalue weighted by atomic mass is 10.1. The predicted octanol–water partition coefficient (Wildman–Crippen LogP) is 1.46. The van der Waals surface area contributed by atoms with Crippen LogP contribution >= 0.6 is 11.3 Å². The molecule has 5 heteroatoms. The molecule has 4 nitrogen and oxygen atoms in total. The number of aromatic nitrogens is 1. The first-order valence-electron chi connectivity index (χ1n) is 6.44. The van der Waals surface area contributed by atoms with Crippen LogP contribution in [0.25, 0.3) is 0 Å². The van der Waals surface area contributed by atoms with Gasteiger partial charge in [0.25, 0.3) is 0 Å². The third-order valence-electron chi connectivity index (χ3n) is 3.82. The van der Waals surface area contributed by atoms with Crippen molar-refractivity contribution in [1.29, 1.82) is 0 Å². The van der Waals surface area contributed by atoms with Gasteiger partial charge in [0.15, 0.2) is 5.13 Å². The molecule has 94 valence electrons. The third kappa shape index (κ3) is 2.46. The first-order valence-corrected chi connectivity index (χ1v) is 7.31. The average Bonchev–Trinajstić information content (AvgIpc) is 2.96. The lowest BCUT2D eigenvalue weighted by Crippen LogP contribution is -2.49. The molecule has 0 aromatic carbocycles. The van der Waals surface area contributed by atoms with E-state index in [1.54, 1.807) is 11.3 Å². The summed E-state index contributed by atoms with van der Waals surface area (Å²) in [5.74, 6) is 0. The van der Waals surface area contributed by atoms with Gasteiger partial charge in [0.05, 0.1) is 5.69 Å². The summed E-state index contributed by atoms with van der Waals surface area (Å²) in [6, 6.07) is 0.811. The number of hydrogen-bond donors (Lipinski definition) is 1. The SMILES string of the molecule is CNc1nc(CN2CCN3CCC[C@@H]3C2)cs1. The van der Waals surface area contributed by atoms with Crippen LogP contribution in [-0.2, 0) is 6.54 Å². The van der Waals surface area contributed by atoms with E-state index in [-0.39, 0.29) is 0 Å². The topological polar surface area (TPSA) is 31.4 Å². The Morgan fingerprint density at radius 2 is 2.41 bits per heavy atom. The van der Waals surface area contributed by atoms with Gasteiger partial charge in [-0.05, 0) is 19.4 Å². The Balaban J connectivity index is 1.58. The summed E-state index contributed by atoms with van der Waals surface area (Å²) >= 11 is 1.70. The van der Waals surface area contributed by atoms with Gasteiger partial charge in [-0.15, -0.1) is 11.3 Å². The first-order chi connectivity index (χ1) is 8.35. The zero-order valence-electron chi connectivity index (χ0n) is 10.4. The molecule has 2 aliphatic heterocycles. The van der Waals surface area contributed by atoms with E-state index in [1.165, 1.54) is 44.7 Å². The van der Waals surface area contributed by atoms with E-state index in [2.05, 4.69) is 25.5 Å². The summed E-state index contributed by atoms with van der Waals surface area (Å²) in [5, 5.41) is 6.30. The number of rotatable bonds is 3. The number of piperazine rings is 1. The van der Waals surface area contributed by atoms with Crippen molar-refractivity contribution in [1.82, 2.24) is 14.8 Å². The molecule has 0 unspecified atom stereocenters. The summed E-state index contributed by atoms with van der Waals surface area (Å²) in [6.07, 6.45) is 2.77.